The van der Waals surface area contributed by atoms with Crippen LogP contribution in [0.2, 0.25) is 0 Å². The smallest absolute Gasteiger partial charge is 0.123 e. The number of H-pyrrole nitrogens is 1. The van der Waals surface area contributed by atoms with Crippen LogP contribution in [-0.4, -0.2) is 15.0 Å². The molecule has 2 aromatic rings. The van der Waals surface area contributed by atoms with Gasteiger partial charge in [-0.2, -0.15) is 0 Å². The summed E-state index contributed by atoms with van der Waals surface area (Å²) in [5.41, 5.74) is 2.50. The van der Waals surface area contributed by atoms with Gasteiger partial charge in [-0.15, -0.1) is 0 Å². The minimum Gasteiger partial charge on any atom is -0.347 e. The van der Waals surface area contributed by atoms with Crippen LogP contribution in [-0.2, 0) is 6.54 Å². The third-order valence-corrected chi connectivity index (χ3v) is 2.94. The van der Waals surface area contributed by atoms with Crippen LogP contribution in [0, 0.1) is 6.92 Å². The van der Waals surface area contributed by atoms with Crippen LogP contribution in [0.5, 0.6) is 0 Å². The lowest BCUT2D eigenvalue weighted by Crippen LogP contribution is -2.21. The quantitative estimate of drug-likeness (QED) is 0.829. The standard InChI is InChI=1S/C13H18N4/c1-3-12(13-15-6-7-16-13)17-9-11-8-14-5-4-10(11)2/h4-8,12,17H,3,9H2,1-2H3,(H,15,16). The van der Waals surface area contributed by atoms with Gasteiger partial charge in [0.25, 0.3) is 0 Å². The number of hydrogen-bond acceptors (Lipinski definition) is 3. The first kappa shape index (κ1) is 11.8. The number of nitrogens with zero attached hydrogens (tertiary/aromatic N) is 2. The maximum atomic E-state index is 4.29. The van der Waals surface area contributed by atoms with E-state index in [2.05, 4.69) is 34.1 Å². The van der Waals surface area contributed by atoms with Crippen molar-refractivity contribution in [3.8, 4) is 0 Å². The van der Waals surface area contributed by atoms with Gasteiger partial charge in [0.1, 0.15) is 5.82 Å². The fourth-order valence-electron chi connectivity index (χ4n) is 1.82. The Morgan fingerprint density at radius 2 is 2.29 bits per heavy atom. The van der Waals surface area contributed by atoms with Gasteiger partial charge in [-0.05, 0) is 30.5 Å². The molecule has 0 fully saturated rings. The molecule has 2 N–H and O–H groups in total. The van der Waals surface area contributed by atoms with Gasteiger partial charge in [-0.25, -0.2) is 4.98 Å². The Bertz CT molecular complexity index is 450. The summed E-state index contributed by atoms with van der Waals surface area (Å²) in [6.45, 7) is 5.07. The van der Waals surface area contributed by atoms with Gasteiger partial charge >= 0.3 is 0 Å². The molecule has 90 valence electrons. The molecule has 2 rings (SSSR count). The number of rotatable bonds is 5. The summed E-state index contributed by atoms with van der Waals surface area (Å²) < 4.78 is 0. The van der Waals surface area contributed by atoms with E-state index in [1.165, 1.54) is 11.1 Å². The predicted molar refractivity (Wildman–Crippen MR) is 67.4 cm³/mol. The van der Waals surface area contributed by atoms with Crippen molar-refractivity contribution in [1.29, 1.82) is 0 Å². The molecule has 2 heterocycles. The van der Waals surface area contributed by atoms with Gasteiger partial charge in [0.05, 0.1) is 6.04 Å². The molecule has 0 aliphatic heterocycles. The van der Waals surface area contributed by atoms with E-state index in [0.29, 0.717) is 0 Å². The second kappa shape index (κ2) is 5.59. The van der Waals surface area contributed by atoms with Crippen molar-refractivity contribution in [2.45, 2.75) is 32.9 Å². The highest BCUT2D eigenvalue weighted by Gasteiger charge is 2.10. The molecule has 0 saturated carbocycles. The monoisotopic (exact) mass is 230 g/mol. The highest BCUT2D eigenvalue weighted by atomic mass is 15.0. The minimum absolute atomic E-state index is 0.268. The molecule has 0 spiro atoms. The van der Waals surface area contributed by atoms with Crippen molar-refractivity contribution in [3.63, 3.8) is 0 Å². The average molecular weight is 230 g/mol. The first-order chi connectivity index (χ1) is 8.31. The van der Waals surface area contributed by atoms with Crippen molar-refractivity contribution in [2.24, 2.45) is 0 Å². The molecule has 0 aliphatic rings. The van der Waals surface area contributed by atoms with Crippen LogP contribution in [0.3, 0.4) is 0 Å². The van der Waals surface area contributed by atoms with Gasteiger partial charge in [0, 0.05) is 31.3 Å². The molecular formula is C13H18N4. The molecule has 4 nitrogen and oxygen atoms in total. The van der Waals surface area contributed by atoms with E-state index in [4.69, 9.17) is 0 Å². The second-order valence-corrected chi connectivity index (χ2v) is 4.12. The van der Waals surface area contributed by atoms with E-state index in [-0.39, 0.29) is 6.04 Å². The Labute approximate surface area is 102 Å². The second-order valence-electron chi connectivity index (χ2n) is 4.12. The summed E-state index contributed by atoms with van der Waals surface area (Å²) in [5, 5.41) is 3.50. The first-order valence-corrected chi connectivity index (χ1v) is 5.93. The zero-order valence-corrected chi connectivity index (χ0v) is 10.3. The number of aromatic amines is 1. The fourth-order valence-corrected chi connectivity index (χ4v) is 1.82. The Morgan fingerprint density at radius 1 is 1.41 bits per heavy atom. The number of imidazole rings is 1. The SMILES string of the molecule is CCC(NCc1cnccc1C)c1ncc[nH]1. The Kier molecular flexibility index (Phi) is 3.88. The first-order valence-electron chi connectivity index (χ1n) is 5.93. The van der Waals surface area contributed by atoms with Gasteiger partial charge in [0.2, 0.25) is 0 Å². The maximum Gasteiger partial charge on any atom is 0.123 e. The van der Waals surface area contributed by atoms with Crippen LogP contribution in [0.1, 0.15) is 36.3 Å². The summed E-state index contributed by atoms with van der Waals surface area (Å²) in [4.78, 5) is 11.6. The molecule has 2 aromatic heterocycles. The van der Waals surface area contributed by atoms with Crippen LogP contribution in [0.25, 0.3) is 0 Å². The molecule has 0 saturated heterocycles. The normalized spacial score (nSPS) is 12.6. The van der Waals surface area contributed by atoms with E-state index in [9.17, 15) is 0 Å². The Morgan fingerprint density at radius 3 is 2.94 bits per heavy atom. The summed E-state index contributed by atoms with van der Waals surface area (Å²) in [5.74, 6) is 0.994. The van der Waals surface area contributed by atoms with Crippen molar-refractivity contribution in [2.75, 3.05) is 0 Å². The molecule has 1 unspecified atom stereocenters. The average Bonchev–Trinajstić information content (AvgIpc) is 2.86. The summed E-state index contributed by atoms with van der Waals surface area (Å²) >= 11 is 0. The number of hydrogen-bond donors (Lipinski definition) is 2. The lowest BCUT2D eigenvalue weighted by atomic mass is 10.1. The molecule has 0 bridgehead atoms. The lowest BCUT2D eigenvalue weighted by Gasteiger charge is -2.15. The number of aromatic nitrogens is 3. The summed E-state index contributed by atoms with van der Waals surface area (Å²) in [6, 6.07) is 2.30. The molecule has 0 aromatic carbocycles. The van der Waals surface area contributed by atoms with Gasteiger partial charge in [-0.1, -0.05) is 6.92 Å². The van der Waals surface area contributed by atoms with Crippen LogP contribution >= 0.6 is 0 Å². The molecule has 0 radical (unpaired) electrons. The van der Waals surface area contributed by atoms with Crippen LogP contribution in [0.4, 0.5) is 0 Å². The number of aryl methyl sites for hydroxylation is 1. The molecule has 0 amide bonds. The zero-order valence-electron chi connectivity index (χ0n) is 10.3. The zero-order chi connectivity index (χ0) is 12.1. The van der Waals surface area contributed by atoms with Crippen molar-refractivity contribution < 1.29 is 0 Å². The third-order valence-electron chi connectivity index (χ3n) is 2.94. The van der Waals surface area contributed by atoms with Gasteiger partial charge in [-0.3, -0.25) is 4.98 Å². The molecular weight excluding hydrogens is 212 g/mol. The maximum absolute atomic E-state index is 4.29. The van der Waals surface area contributed by atoms with E-state index in [1.807, 2.05) is 24.7 Å². The third kappa shape index (κ3) is 2.91. The highest BCUT2D eigenvalue weighted by molar-refractivity contribution is 5.21. The molecule has 17 heavy (non-hydrogen) atoms. The van der Waals surface area contributed by atoms with E-state index in [1.54, 1.807) is 6.20 Å². The molecule has 4 heteroatoms. The largest absolute Gasteiger partial charge is 0.347 e. The van der Waals surface area contributed by atoms with Gasteiger partial charge < -0.3 is 10.3 Å². The predicted octanol–water partition coefficient (Wildman–Crippen LogP) is 2.35. The van der Waals surface area contributed by atoms with Gasteiger partial charge in [0.15, 0.2) is 0 Å². The molecule has 0 aliphatic carbocycles. The van der Waals surface area contributed by atoms with E-state index < -0.39 is 0 Å². The fraction of sp³-hybridized carbons (Fsp3) is 0.385. The van der Waals surface area contributed by atoms with Crippen molar-refractivity contribution in [3.05, 3.63) is 47.8 Å². The van der Waals surface area contributed by atoms with Crippen LogP contribution in [0.15, 0.2) is 30.9 Å². The number of pyridine rings is 1. The lowest BCUT2D eigenvalue weighted by molar-refractivity contribution is 0.496. The molecule has 1 atom stereocenters. The Balaban J connectivity index is 2.00. The van der Waals surface area contributed by atoms with Crippen molar-refractivity contribution in [1.82, 2.24) is 20.3 Å². The number of nitrogens with one attached hydrogen (secondary N) is 2. The van der Waals surface area contributed by atoms with Crippen LogP contribution < -0.4 is 5.32 Å². The van der Waals surface area contributed by atoms with E-state index >= 15 is 0 Å². The summed E-state index contributed by atoms with van der Waals surface area (Å²) in [7, 11) is 0. The highest BCUT2D eigenvalue weighted by Crippen LogP contribution is 2.13. The topological polar surface area (TPSA) is 53.6 Å². The Hall–Kier alpha value is -1.68. The summed E-state index contributed by atoms with van der Waals surface area (Å²) in [6.07, 6.45) is 8.39. The minimum atomic E-state index is 0.268. The van der Waals surface area contributed by atoms with Crippen molar-refractivity contribution >= 4 is 0 Å². The van der Waals surface area contributed by atoms with E-state index in [0.717, 1.165) is 18.8 Å².